The average molecular weight is 274 g/mol. The minimum Gasteiger partial charge on any atom is -0.397 e. The molecule has 3 heterocycles. The number of nitrogens with one attached hydrogen (secondary N) is 1. The molecule has 0 radical (unpaired) electrons. The van der Waals surface area contributed by atoms with Crippen molar-refractivity contribution in [3.63, 3.8) is 0 Å². The molecule has 2 fully saturated rings. The second-order valence-electron chi connectivity index (χ2n) is 5.93. The van der Waals surface area contributed by atoms with Crippen LogP contribution in [0, 0.1) is 6.92 Å². The van der Waals surface area contributed by atoms with Gasteiger partial charge in [-0.2, -0.15) is 0 Å². The number of nitrogens with two attached hydrogens (primary N) is 1. The van der Waals surface area contributed by atoms with Gasteiger partial charge < -0.3 is 16.0 Å². The number of nitrogens with zero attached hydrogens (tertiary/aromatic N) is 2. The molecule has 0 saturated carbocycles. The lowest BCUT2D eigenvalue weighted by molar-refractivity contribution is 0.0895. The summed E-state index contributed by atoms with van der Waals surface area (Å²) >= 11 is 0. The van der Waals surface area contributed by atoms with Crippen molar-refractivity contribution in [2.45, 2.75) is 44.7 Å². The van der Waals surface area contributed by atoms with Crippen LogP contribution in [0.2, 0.25) is 0 Å². The van der Waals surface area contributed by atoms with E-state index in [2.05, 4.69) is 15.2 Å². The summed E-state index contributed by atoms with van der Waals surface area (Å²) in [7, 11) is 0. The maximum absolute atomic E-state index is 12.4. The summed E-state index contributed by atoms with van der Waals surface area (Å²) in [4.78, 5) is 19.1. The lowest BCUT2D eigenvalue weighted by Gasteiger charge is -2.35. The predicted octanol–water partition coefficient (Wildman–Crippen LogP) is 1.33. The number of fused-ring (bicyclic) bond motifs is 1. The highest BCUT2D eigenvalue weighted by atomic mass is 16.1. The molecule has 5 heteroatoms. The number of aromatic nitrogens is 1. The number of carbonyl (C=O) groups is 1. The smallest absolute Gasteiger partial charge is 0.253 e. The molecule has 0 bridgehead atoms. The Bertz CT molecular complexity index is 517. The number of amides is 1. The highest BCUT2D eigenvalue weighted by Gasteiger charge is 2.32. The summed E-state index contributed by atoms with van der Waals surface area (Å²) in [5.74, 6) is -0.0428. The van der Waals surface area contributed by atoms with Gasteiger partial charge in [0.1, 0.15) is 0 Å². The number of carbonyl (C=O) groups excluding carboxylic acids is 1. The van der Waals surface area contributed by atoms with E-state index in [1.165, 1.54) is 19.4 Å². The Kier molecular flexibility index (Phi) is 3.61. The quantitative estimate of drug-likeness (QED) is 0.853. The SMILES string of the molecule is Cc1ncc(N)cc1C(=O)NC1CCN2CCCC2C1. The molecule has 20 heavy (non-hydrogen) atoms. The Morgan fingerprint density at radius 3 is 3.15 bits per heavy atom. The molecule has 2 aliphatic heterocycles. The van der Waals surface area contributed by atoms with E-state index in [0.717, 1.165) is 25.1 Å². The van der Waals surface area contributed by atoms with Crippen LogP contribution in [0.25, 0.3) is 0 Å². The maximum Gasteiger partial charge on any atom is 0.253 e. The van der Waals surface area contributed by atoms with Gasteiger partial charge in [0.2, 0.25) is 0 Å². The Morgan fingerprint density at radius 2 is 2.30 bits per heavy atom. The largest absolute Gasteiger partial charge is 0.397 e. The van der Waals surface area contributed by atoms with Crippen LogP contribution in [-0.2, 0) is 0 Å². The van der Waals surface area contributed by atoms with Crippen molar-refractivity contribution in [3.8, 4) is 0 Å². The lowest BCUT2D eigenvalue weighted by Crippen LogP contribution is -2.47. The zero-order chi connectivity index (χ0) is 14.1. The zero-order valence-electron chi connectivity index (χ0n) is 11.9. The molecule has 3 rings (SSSR count). The minimum absolute atomic E-state index is 0.0428. The van der Waals surface area contributed by atoms with Crippen molar-refractivity contribution in [2.24, 2.45) is 0 Å². The first kappa shape index (κ1) is 13.4. The van der Waals surface area contributed by atoms with Crippen LogP contribution in [0.4, 0.5) is 5.69 Å². The highest BCUT2D eigenvalue weighted by Crippen LogP contribution is 2.27. The molecule has 2 aliphatic rings. The maximum atomic E-state index is 12.4. The van der Waals surface area contributed by atoms with Crippen LogP contribution in [0.5, 0.6) is 0 Å². The van der Waals surface area contributed by atoms with Crippen LogP contribution in [0.15, 0.2) is 12.3 Å². The Hall–Kier alpha value is -1.62. The van der Waals surface area contributed by atoms with Crippen LogP contribution in [-0.4, -0.2) is 41.0 Å². The molecule has 108 valence electrons. The van der Waals surface area contributed by atoms with Crippen molar-refractivity contribution in [1.29, 1.82) is 0 Å². The number of rotatable bonds is 2. The van der Waals surface area contributed by atoms with Crippen LogP contribution in [0.1, 0.15) is 41.7 Å². The molecule has 0 spiro atoms. The van der Waals surface area contributed by atoms with Crippen molar-refractivity contribution in [1.82, 2.24) is 15.2 Å². The van der Waals surface area contributed by atoms with E-state index >= 15 is 0 Å². The molecule has 2 unspecified atom stereocenters. The van der Waals surface area contributed by atoms with Gasteiger partial charge in [0.15, 0.2) is 0 Å². The summed E-state index contributed by atoms with van der Waals surface area (Å²) in [5.41, 5.74) is 7.58. The van der Waals surface area contributed by atoms with Crippen molar-refractivity contribution >= 4 is 11.6 Å². The number of hydrogen-bond donors (Lipinski definition) is 2. The number of aryl methyl sites for hydroxylation is 1. The highest BCUT2D eigenvalue weighted by molar-refractivity contribution is 5.96. The first-order chi connectivity index (χ1) is 9.63. The van der Waals surface area contributed by atoms with E-state index in [4.69, 9.17) is 5.73 Å². The monoisotopic (exact) mass is 274 g/mol. The topological polar surface area (TPSA) is 71.2 Å². The number of nitrogen functional groups attached to an aromatic ring is 1. The molecule has 1 aromatic heterocycles. The third-order valence-electron chi connectivity index (χ3n) is 4.51. The minimum atomic E-state index is -0.0428. The fourth-order valence-corrected chi connectivity index (χ4v) is 3.40. The van der Waals surface area contributed by atoms with E-state index in [0.29, 0.717) is 17.3 Å². The molecular weight excluding hydrogens is 252 g/mol. The molecule has 0 aromatic carbocycles. The summed E-state index contributed by atoms with van der Waals surface area (Å²) in [6.45, 7) is 4.17. The predicted molar refractivity (Wildman–Crippen MR) is 78.5 cm³/mol. The van der Waals surface area contributed by atoms with Gasteiger partial charge >= 0.3 is 0 Å². The molecule has 2 saturated heterocycles. The summed E-state index contributed by atoms with van der Waals surface area (Å²) in [6.07, 6.45) is 6.26. The van der Waals surface area contributed by atoms with Crippen LogP contribution >= 0.6 is 0 Å². The normalized spacial score (nSPS) is 26.2. The molecule has 5 nitrogen and oxygen atoms in total. The fourth-order valence-electron chi connectivity index (χ4n) is 3.40. The Balaban J connectivity index is 1.65. The molecular formula is C15H22N4O. The van der Waals surface area contributed by atoms with Gasteiger partial charge in [-0.3, -0.25) is 9.78 Å². The van der Waals surface area contributed by atoms with Gasteiger partial charge in [0, 0.05) is 18.6 Å². The number of anilines is 1. The number of piperidine rings is 1. The van der Waals surface area contributed by atoms with E-state index in [-0.39, 0.29) is 11.9 Å². The zero-order valence-corrected chi connectivity index (χ0v) is 11.9. The van der Waals surface area contributed by atoms with E-state index in [1.54, 1.807) is 12.3 Å². The van der Waals surface area contributed by atoms with Gasteiger partial charge in [-0.15, -0.1) is 0 Å². The van der Waals surface area contributed by atoms with E-state index < -0.39 is 0 Å². The molecule has 0 aliphatic carbocycles. The third-order valence-corrected chi connectivity index (χ3v) is 4.51. The number of hydrogen-bond acceptors (Lipinski definition) is 4. The molecule has 3 N–H and O–H groups in total. The van der Waals surface area contributed by atoms with Gasteiger partial charge in [0.25, 0.3) is 5.91 Å². The van der Waals surface area contributed by atoms with Crippen molar-refractivity contribution in [3.05, 3.63) is 23.5 Å². The molecule has 1 aromatic rings. The molecule has 2 atom stereocenters. The van der Waals surface area contributed by atoms with Crippen molar-refractivity contribution < 1.29 is 4.79 Å². The standard InChI is InChI=1S/C15H22N4O/c1-10-14(7-11(16)9-17-10)15(20)18-12-4-6-19-5-2-3-13(19)8-12/h7,9,12-13H,2-6,8,16H2,1H3,(H,18,20). The fraction of sp³-hybridized carbons (Fsp3) is 0.600. The second kappa shape index (κ2) is 5.40. The Morgan fingerprint density at radius 1 is 1.45 bits per heavy atom. The first-order valence-corrected chi connectivity index (χ1v) is 7.40. The number of pyridine rings is 1. The van der Waals surface area contributed by atoms with Crippen LogP contribution in [0.3, 0.4) is 0 Å². The van der Waals surface area contributed by atoms with Gasteiger partial charge in [0.05, 0.1) is 23.1 Å². The van der Waals surface area contributed by atoms with Gasteiger partial charge in [-0.25, -0.2) is 0 Å². The van der Waals surface area contributed by atoms with Gasteiger partial charge in [-0.1, -0.05) is 0 Å². The van der Waals surface area contributed by atoms with Crippen LogP contribution < -0.4 is 11.1 Å². The Labute approximate surface area is 119 Å². The summed E-state index contributed by atoms with van der Waals surface area (Å²) in [6, 6.07) is 2.65. The molecule has 1 amide bonds. The lowest BCUT2D eigenvalue weighted by atomic mass is 9.97. The van der Waals surface area contributed by atoms with E-state index in [1.807, 2.05) is 6.92 Å². The summed E-state index contributed by atoms with van der Waals surface area (Å²) < 4.78 is 0. The first-order valence-electron chi connectivity index (χ1n) is 7.40. The van der Waals surface area contributed by atoms with E-state index in [9.17, 15) is 4.79 Å². The average Bonchev–Trinajstić information content (AvgIpc) is 2.89. The summed E-state index contributed by atoms with van der Waals surface area (Å²) in [5, 5.41) is 3.15. The van der Waals surface area contributed by atoms with Crippen molar-refractivity contribution in [2.75, 3.05) is 18.8 Å². The third kappa shape index (κ3) is 2.63. The second-order valence-corrected chi connectivity index (χ2v) is 5.93. The van der Waals surface area contributed by atoms with Gasteiger partial charge in [-0.05, 0) is 45.2 Å².